The van der Waals surface area contributed by atoms with Gasteiger partial charge in [-0.1, -0.05) is 146 Å². The predicted octanol–water partition coefficient (Wildman–Crippen LogP) is 14.9. The van der Waals surface area contributed by atoms with Crippen LogP contribution in [0.15, 0.2) is 217 Å². The van der Waals surface area contributed by atoms with Crippen molar-refractivity contribution in [1.29, 1.82) is 0 Å². The molecule has 0 spiro atoms. The summed E-state index contributed by atoms with van der Waals surface area (Å²) in [6, 6.07) is 76.1. The third-order valence-corrected chi connectivity index (χ3v) is 10.4. The first-order valence-electron chi connectivity index (χ1n) is 18.4. The van der Waals surface area contributed by atoms with Crippen molar-refractivity contribution in [2.75, 3.05) is 4.90 Å². The van der Waals surface area contributed by atoms with E-state index >= 15 is 0 Å². The average molecular weight is 690 g/mol. The number of hydrogen-bond donors (Lipinski definition) is 0. The van der Waals surface area contributed by atoms with Crippen LogP contribution >= 0.6 is 0 Å². The quantitative estimate of drug-likeness (QED) is 0.166. The molecule has 0 amide bonds. The van der Waals surface area contributed by atoms with Crippen molar-refractivity contribution in [3.05, 3.63) is 212 Å². The molecule has 10 rings (SSSR count). The molecule has 54 heavy (non-hydrogen) atoms. The van der Waals surface area contributed by atoms with E-state index in [9.17, 15) is 0 Å². The van der Waals surface area contributed by atoms with E-state index in [4.69, 9.17) is 4.42 Å². The first-order valence-corrected chi connectivity index (χ1v) is 18.4. The summed E-state index contributed by atoms with van der Waals surface area (Å²) < 4.78 is 6.26. The first-order chi connectivity index (χ1) is 26.7. The van der Waals surface area contributed by atoms with Crippen LogP contribution in [-0.2, 0) is 0 Å². The van der Waals surface area contributed by atoms with Gasteiger partial charge in [0.15, 0.2) is 0 Å². The molecule has 0 radical (unpaired) electrons. The van der Waals surface area contributed by atoms with Crippen LogP contribution in [0.4, 0.5) is 17.1 Å². The molecular formula is C52H35NO. The molecule has 10 aromatic rings. The zero-order valence-electron chi connectivity index (χ0n) is 29.6. The Morgan fingerprint density at radius 1 is 0.259 bits per heavy atom. The van der Waals surface area contributed by atoms with E-state index in [0.29, 0.717) is 0 Å². The van der Waals surface area contributed by atoms with Crippen molar-refractivity contribution in [3.8, 4) is 44.5 Å². The topological polar surface area (TPSA) is 16.4 Å². The van der Waals surface area contributed by atoms with Crippen LogP contribution < -0.4 is 4.90 Å². The van der Waals surface area contributed by atoms with Gasteiger partial charge < -0.3 is 9.32 Å². The maximum atomic E-state index is 6.26. The highest BCUT2D eigenvalue weighted by Crippen LogP contribution is 2.42. The van der Waals surface area contributed by atoms with Gasteiger partial charge in [-0.15, -0.1) is 0 Å². The molecular weight excluding hydrogens is 655 g/mol. The van der Waals surface area contributed by atoms with E-state index in [2.05, 4.69) is 205 Å². The molecule has 0 aliphatic carbocycles. The Bertz CT molecular complexity index is 2870. The van der Waals surface area contributed by atoms with Crippen LogP contribution in [0.1, 0.15) is 0 Å². The molecule has 0 unspecified atom stereocenters. The van der Waals surface area contributed by atoms with E-state index in [1.807, 2.05) is 12.1 Å². The smallest absolute Gasteiger partial charge is 0.135 e. The Hall–Kier alpha value is -7.16. The fourth-order valence-electron chi connectivity index (χ4n) is 7.69. The van der Waals surface area contributed by atoms with E-state index in [-0.39, 0.29) is 0 Å². The summed E-state index contributed by atoms with van der Waals surface area (Å²) in [5, 5.41) is 4.71. The Morgan fingerprint density at radius 2 is 0.778 bits per heavy atom. The Labute approximate surface area is 314 Å². The Balaban J connectivity index is 1.11. The number of nitrogens with zero attached hydrogens (tertiary/aromatic N) is 1. The molecule has 0 saturated carbocycles. The predicted molar refractivity (Wildman–Crippen MR) is 228 cm³/mol. The summed E-state index contributed by atoms with van der Waals surface area (Å²) >= 11 is 0. The van der Waals surface area contributed by atoms with Gasteiger partial charge in [0.05, 0.1) is 0 Å². The van der Waals surface area contributed by atoms with Crippen LogP contribution in [0.3, 0.4) is 0 Å². The number of fused-ring (bicyclic) bond motifs is 4. The lowest BCUT2D eigenvalue weighted by molar-refractivity contribution is 0.669. The minimum absolute atomic E-state index is 0.879. The van der Waals surface area contributed by atoms with Crippen LogP contribution in [0, 0.1) is 0 Å². The van der Waals surface area contributed by atoms with Crippen LogP contribution in [0.2, 0.25) is 0 Å². The molecule has 9 aromatic carbocycles. The van der Waals surface area contributed by atoms with E-state index in [1.54, 1.807) is 0 Å². The maximum Gasteiger partial charge on any atom is 0.135 e. The summed E-state index contributed by atoms with van der Waals surface area (Å²) in [4.78, 5) is 2.37. The largest absolute Gasteiger partial charge is 0.456 e. The fourth-order valence-corrected chi connectivity index (χ4v) is 7.69. The first kappa shape index (κ1) is 31.6. The van der Waals surface area contributed by atoms with E-state index in [1.165, 1.54) is 44.2 Å². The highest BCUT2D eigenvalue weighted by atomic mass is 16.3. The summed E-state index contributed by atoms with van der Waals surface area (Å²) in [5.41, 5.74) is 14.4. The normalized spacial score (nSPS) is 11.3. The minimum atomic E-state index is 0.879. The summed E-state index contributed by atoms with van der Waals surface area (Å²) in [6.07, 6.45) is 0. The number of para-hydroxylation sites is 1. The van der Waals surface area contributed by atoms with Gasteiger partial charge >= 0.3 is 0 Å². The highest BCUT2D eigenvalue weighted by Gasteiger charge is 2.18. The summed E-state index contributed by atoms with van der Waals surface area (Å²) in [5.74, 6) is 0. The molecule has 1 aromatic heterocycles. The molecule has 254 valence electrons. The molecule has 0 atom stereocenters. The van der Waals surface area contributed by atoms with Crippen molar-refractivity contribution < 1.29 is 4.42 Å². The van der Waals surface area contributed by atoms with Gasteiger partial charge in [-0.25, -0.2) is 0 Å². The molecule has 0 aliphatic rings. The van der Waals surface area contributed by atoms with Crippen molar-refractivity contribution >= 4 is 49.8 Å². The van der Waals surface area contributed by atoms with E-state index in [0.717, 1.165) is 50.1 Å². The molecule has 1 heterocycles. The highest BCUT2D eigenvalue weighted by molar-refractivity contribution is 6.06. The molecule has 0 aliphatic heterocycles. The lowest BCUT2D eigenvalue weighted by Gasteiger charge is -2.27. The second-order valence-electron chi connectivity index (χ2n) is 13.8. The number of benzene rings is 9. The van der Waals surface area contributed by atoms with Crippen molar-refractivity contribution in [2.24, 2.45) is 0 Å². The molecule has 2 heteroatoms. The van der Waals surface area contributed by atoms with Gasteiger partial charge in [0, 0.05) is 27.8 Å². The summed E-state index contributed by atoms with van der Waals surface area (Å²) in [7, 11) is 0. The zero-order valence-corrected chi connectivity index (χ0v) is 29.6. The number of furan rings is 1. The van der Waals surface area contributed by atoms with Crippen LogP contribution in [0.5, 0.6) is 0 Å². The second kappa shape index (κ2) is 13.4. The van der Waals surface area contributed by atoms with Crippen molar-refractivity contribution in [1.82, 2.24) is 0 Å². The van der Waals surface area contributed by atoms with Crippen molar-refractivity contribution in [2.45, 2.75) is 0 Å². The van der Waals surface area contributed by atoms with Gasteiger partial charge in [-0.3, -0.25) is 0 Å². The van der Waals surface area contributed by atoms with Crippen LogP contribution in [0.25, 0.3) is 77.2 Å². The molecule has 0 bridgehead atoms. The third kappa shape index (κ3) is 5.90. The van der Waals surface area contributed by atoms with Crippen LogP contribution in [-0.4, -0.2) is 0 Å². The monoisotopic (exact) mass is 689 g/mol. The van der Waals surface area contributed by atoms with E-state index < -0.39 is 0 Å². The molecule has 2 nitrogen and oxygen atoms in total. The lowest BCUT2D eigenvalue weighted by atomic mass is 9.96. The zero-order chi connectivity index (χ0) is 35.8. The second-order valence-corrected chi connectivity index (χ2v) is 13.8. The number of hydrogen-bond acceptors (Lipinski definition) is 2. The number of anilines is 3. The Kier molecular flexibility index (Phi) is 7.85. The number of rotatable bonds is 7. The third-order valence-electron chi connectivity index (χ3n) is 10.4. The van der Waals surface area contributed by atoms with Gasteiger partial charge in [-0.2, -0.15) is 0 Å². The standard InChI is InChI=1S/C52H35NO/c1-3-12-36(13-4-1)44-32-45(37-14-5-2-6-15-37)34-48(33-44)53(47-28-29-52-50(35-47)49-20-9-10-21-51(49)54-52)46-26-24-39(25-27-46)41-18-11-19-42(30-41)43-23-22-38-16-7-8-17-40(38)31-43/h1-35H. The van der Waals surface area contributed by atoms with Gasteiger partial charge in [0.25, 0.3) is 0 Å². The fraction of sp³-hybridized carbons (Fsp3) is 0. The van der Waals surface area contributed by atoms with Gasteiger partial charge in [-0.05, 0) is 122 Å². The van der Waals surface area contributed by atoms with Gasteiger partial charge in [0.2, 0.25) is 0 Å². The lowest BCUT2D eigenvalue weighted by Crippen LogP contribution is -2.10. The molecule has 0 fully saturated rings. The summed E-state index contributed by atoms with van der Waals surface area (Å²) in [6.45, 7) is 0. The molecule has 0 saturated heterocycles. The Morgan fingerprint density at radius 3 is 1.52 bits per heavy atom. The average Bonchev–Trinajstić information content (AvgIpc) is 3.62. The van der Waals surface area contributed by atoms with Gasteiger partial charge in [0.1, 0.15) is 11.2 Å². The minimum Gasteiger partial charge on any atom is -0.456 e. The SMILES string of the molecule is c1ccc(-c2cc(-c3ccccc3)cc(N(c3ccc(-c4cccc(-c5ccc6ccccc6c5)c4)cc3)c3ccc4oc5ccccc5c4c3)c2)cc1. The molecule has 0 N–H and O–H groups in total. The maximum absolute atomic E-state index is 6.26. The van der Waals surface area contributed by atoms with Crippen molar-refractivity contribution in [3.63, 3.8) is 0 Å².